The van der Waals surface area contributed by atoms with Gasteiger partial charge < -0.3 is 9.15 Å². The molecule has 0 spiro atoms. The number of benzene rings is 3. The normalized spacial score (nSPS) is 11.3. The van der Waals surface area contributed by atoms with Gasteiger partial charge in [-0.1, -0.05) is 60.7 Å². The van der Waals surface area contributed by atoms with E-state index >= 15 is 0 Å². The van der Waals surface area contributed by atoms with Gasteiger partial charge in [-0.05, 0) is 41.5 Å². The summed E-state index contributed by atoms with van der Waals surface area (Å²) in [5.74, 6) is 0.749. The first-order chi connectivity index (χ1) is 16.7. The molecule has 2 heterocycles. The summed E-state index contributed by atoms with van der Waals surface area (Å²) in [5, 5.41) is 12.8. The minimum absolute atomic E-state index is 0.382. The second kappa shape index (κ2) is 9.57. The van der Waals surface area contributed by atoms with E-state index in [1.807, 2.05) is 72.8 Å². The third kappa shape index (κ3) is 4.65. The summed E-state index contributed by atoms with van der Waals surface area (Å²) in [6, 6.07) is 28.8. The number of para-hydroxylation sites is 1. The van der Waals surface area contributed by atoms with Crippen LogP contribution in [0.15, 0.2) is 99.5 Å². The van der Waals surface area contributed by atoms with Crippen molar-refractivity contribution in [1.29, 1.82) is 5.26 Å². The Kier molecular flexibility index (Phi) is 6.02. The van der Waals surface area contributed by atoms with Crippen LogP contribution in [0.4, 0.5) is 0 Å². The van der Waals surface area contributed by atoms with Crippen LogP contribution in [-0.2, 0) is 6.61 Å². The van der Waals surface area contributed by atoms with Crippen molar-refractivity contribution in [2.75, 3.05) is 0 Å². The molecule has 0 saturated carbocycles. The Bertz CT molecular complexity index is 1580. The highest BCUT2D eigenvalue weighted by Gasteiger charge is 2.14. The molecule has 3 aromatic carbocycles. The predicted molar refractivity (Wildman–Crippen MR) is 134 cm³/mol. The van der Waals surface area contributed by atoms with Crippen LogP contribution in [0.25, 0.3) is 33.2 Å². The van der Waals surface area contributed by atoms with Crippen molar-refractivity contribution in [1.82, 2.24) is 4.98 Å². The monoisotopic (exact) mass is 462 g/mol. The molecule has 5 aromatic rings. The SMILES string of the molecule is N#CC(=Cc1ccc(OCc2ccccc2)cc1)c1csc(-c2cc3ccccc3oc2=O)n1. The van der Waals surface area contributed by atoms with E-state index in [4.69, 9.17) is 9.15 Å². The lowest BCUT2D eigenvalue weighted by atomic mass is 10.1. The smallest absolute Gasteiger partial charge is 0.346 e. The highest BCUT2D eigenvalue weighted by atomic mass is 32.1. The summed E-state index contributed by atoms with van der Waals surface area (Å²) in [5.41, 5.74) is 3.33. The molecule has 0 N–H and O–H groups in total. The molecule has 6 heteroatoms. The number of nitrogens with zero attached hydrogens (tertiary/aromatic N) is 2. The maximum absolute atomic E-state index is 12.5. The molecule has 0 radical (unpaired) electrons. The number of allylic oxidation sites excluding steroid dienone is 1. The molecule has 34 heavy (non-hydrogen) atoms. The van der Waals surface area contributed by atoms with Gasteiger partial charge in [0.1, 0.15) is 29.0 Å². The van der Waals surface area contributed by atoms with Gasteiger partial charge >= 0.3 is 5.63 Å². The molecule has 0 bridgehead atoms. The van der Waals surface area contributed by atoms with Gasteiger partial charge in [0.25, 0.3) is 0 Å². The Morgan fingerprint density at radius 2 is 1.79 bits per heavy atom. The first-order valence-electron chi connectivity index (χ1n) is 10.6. The fourth-order valence-corrected chi connectivity index (χ4v) is 4.29. The number of rotatable bonds is 6. The maximum Gasteiger partial charge on any atom is 0.346 e. The van der Waals surface area contributed by atoms with E-state index < -0.39 is 5.63 Å². The standard InChI is InChI=1S/C28H18N2O3S/c29-16-22(14-19-10-12-23(13-11-19)32-17-20-6-2-1-3-7-20)25-18-34-27(30-25)24-15-21-8-4-5-9-26(21)33-28(24)31/h1-15,18H,17H2. The fourth-order valence-electron chi connectivity index (χ4n) is 3.46. The van der Waals surface area contributed by atoms with Crippen molar-refractivity contribution in [2.24, 2.45) is 0 Å². The van der Waals surface area contributed by atoms with Crippen LogP contribution in [0.2, 0.25) is 0 Å². The molecule has 2 aromatic heterocycles. The lowest BCUT2D eigenvalue weighted by Gasteiger charge is -2.06. The van der Waals surface area contributed by atoms with Crippen LogP contribution < -0.4 is 10.4 Å². The van der Waals surface area contributed by atoms with Crippen LogP contribution in [0.1, 0.15) is 16.8 Å². The van der Waals surface area contributed by atoms with Gasteiger partial charge in [0.15, 0.2) is 0 Å². The average molecular weight is 463 g/mol. The third-order valence-corrected chi connectivity index (χ3v) is 6.09. The van der Waals surface area contributed by atoms with E-state index in [0.29, 0.717) is 34.0 Å². The predicted octanol–water partition coefficient (Wildman–Crippen LogP) is 6.56. The molecule has 0 aliphatic carbocycles. The zero-order valence-electron chi connectivity index (χ0n) is 18.0. The Morgan fingerprint density at radius 3 is 2.59 bits per heavy atom. The zero-order valence-corrected chi connectivity index (χ0v) is 18.8. The Labute approximate surface area is 199 Å². The minimum Gasteiger partial charge on any atom is -0.489 e. The van der Waals surface area contributed by atoms with Crippen molar-refractivity contribution in [3.05, 3.63) is 118 Å². The third-order valence-electron chi connectivity index (χ3n) is 5.21. The average Bonchev–Trinajstić information content (AvgIpc) is 3.37. The van der Waals surface area contributed by atoms with Crippen molar-refractivity contribution < 1.29 is 9.15 Å². The number of nitriles is 1. The molecule has 0 fully saturated rings. The first-order valence-corrected chi connectivity index (χ1v) is 11.5. The van der Waals surface area contributed by atoms with Crippen LogP contribution >= 0.6 is 11.3 Å². The zero-order chi connectivity index (χ0) is 23.3. The van der Waals surface area contributed by atoms with Gasteiger partial charge in [0.05, 0.1) is 16.8 Å². The summed E-state index contributed by atoms with van der Waals surface area (Å²) in [6.07, 6.45) is 1.77. The maximum atomic E-state index is 12.5. The molecular formula is C28H18N2O3S. The van der Waals surface area contributed by atoms with Crippen LogP contribution in [0.5, 0.6) is 5.75 Å². The number of thiazole rings is 1. The fraction of sp³-hybridized carbons (Fsp3) is 0.0357. The van der Waals surface area contributed by atoms with Gasteiger partial charge in [-0.25, -0.2) is 9.78 Å². The van der Waals surface area contributed by atoms with Crippen molar-refractivity contribution in [2.45, 2.75) is 6.61 Å². The van der Waals surface area contributed by atoms with E-state index in [-0.39, 0.29) is 0 Å². The van der Waals surface area contributed by atoms with E-state index in [1.54, 1.807) is 23.6 Å². The van der Waals surface area contributed by atoms with Crippen LogP contribution in [0, 0.1) is 11.3 Å². The molecular weight excluding hydrogens is 444 g/mol. The largest absolute Gasteiger partial charge is 0.489 e. The van der Waals surface area contributed by atoms with Gasteiger partial charge in [-0.2, -0.15) is 5.26 Å². The van der Waals surface area contributed by atoms with E-state index in [1.165, 1.54) is 11.3 Å². The van der Waals surface area contributed by atoms with E-state index in [2.05, 4.69) is 11.1 Å². The van der Waals surface area contributed by atoms with Gasteiger partial charge in [-0.3, -0.25) is 0 Å². The van der Waals surface area contributed by atoms with E-state index in [0.717, 1.165) is 22.3 Å². The molecule has 5 rings (SSSR count). The summed E-state index contributed by atoms with van der Waals surface area (Å²) in [6.45, 7) is 0.490. The highest BCUT2D eigenvalue weighted by Crippen LogP contribution is 2.28. The summed E-state index contributed by atoms with van der Waals surface area (Å²) in [4.78, 5) is 17.0. The Morgan fingerprint density at radius 1 is 1.03 bits per heavy atom. The lowest BCUT2D eigenvalue weighted by molar-refractivity contribution is 0.306. The topological polar surface area (TPSA) is 76.1 Å². The molecule has 5 nitrogen and oxygen atoms in total. The molecule has 0 aliphatic rings. The Hall–Kier alpha value is -4.47. The molecule has 0 atom stereocenters. The quantitative estimate of drug-likeness (QED) is 0.211. The number of aromatic nitrogens is 1. The van der Waals surface area contributed by atoms with Crippen LogP contribution in [-0.4, -0.2) is 4.98 Å². The summed E-state index contributed by atoms with van der Waals surface area (Å²) in [7, 11) is 0. The summed E-state index contributed by atoms with van der Waals surface area (Å²) < 4.78 is 11.2. The second-order valence-corrected chi connectivity index (χ2v) is 8.39. The van der Waals surface area contributed by atoms with Crippen molar-refractivity contribution in [3.8, 4) is 22.4 Å². The number of fused-ring (bicyclic) bond motifs is 1. The van der Waals surface area contributed by atoms with Gasteiger partial charge in [0.2, 0.25) is 0 Å². The van der Waals surface area contributed by atoms with Gasteiger partial charge in [0, 0.05) is 10.8 Å². The number of hydrogen-bond acceptors (Lipinski definition) is 6. The molecule has 0 unspecified atom stereocenters. The van der Waals surface area contributed by atoms with Crippen molar-refractivity contribution >= 4 is 34.0 Å². The van der Waals surface area contributed by atoms with Crippen molar-refractivity contribution in [3.63, 3.8) is 0 Å². The van der Waals surface area contributed by atoms with Gasteiger partial charge in [-0.15, -0.1) is 11.3 Å². The first kappa shape index (κ1) is 21.4. The van der Waals surface area contributed by atoms with Crippen LogP contribution in [0.3, 0.4) is 0 Å². The molecule has 0 amide bonds. The highest BCUT2D eigenvalue weighted by molar-refractivity contribution is 7.13. The summed E-state index contributed by atoms with van der Waals surface area (Å²) >= 11 is 1.30. The minimum atomic E-state index is -0.451. The number of hydrogen-bond donors (Lipinski definition) is 0. The van der Waals surface area contributed by atoms with E-state index in [9.17, 15) is 10.1 Å². The Balaban J connectivity index is 1.36. The molecule has 0 saturated heterocycles. The number of ether oxygens (including phenoxy) is 1. The molecule has 164 valence electrons. The second-order valence-electron chi connectivity index (χ2n) is 7.54. The molecule has 0 aliphatic heterocycles. The lowest BCUT2D eigenvalue weighted by Crippen LogP contribution is -2.02.